The molecule has 2 aromatic carbocycles. The van der Waals surface area contributed by atoms with Crippen molar-refractivity contribution in [3.8, 4) is 5.75 Å². The molecule has 6 nitrogen and oxygen atoms in total. The van der Waals surface area contributed by atoms with Crippen molar-refractivity contribution < 1.29 is 9.15 Å². The number of aromatic amines is 1. The van der Waals surface area contributed by atoms with Gasteiger partial charge in [-0.05, 0) is 47.9 Å². The maximum Gasteiger partial charge on any atom is 0.191 e. The quantitative estimate of drug-likeness (QED) is 0.281. The third-order valence-electron chi connectivity index (χ3n) is 5.18. The summed E-state index contributed by atoms with van der Waals surface area (Å²) in [4.78, 5) is 8.10. The van der Waals surface area contributed by atoms with Crippen molar-refractivity contribution in [3.05, 3.63) is 90.0 Å². The number of aromatic nitrogens is 1. The molecule has 4 aromatic rings. The highest BCUT2D eigenvalue weighted by Crippen LogP contribution is 2.17. The van der Waals surface area contributed by atoms with E-state index in [2.05, 4.69) is 40.0 Å². The smallest absolute Gasteiger partial charge is 0.191 e. The molecule has 160 valence electrons. The van der Waals surface area contributed by atoms with E-state index < -0.39 is 0 Å². The number of hydrogen-bond donors (Lipinski definition) is 3. The summed E-state index contributed by atoms with van der Waals surface area (Å²) in [6.45, 7) is 2.12. The largest absolute Gasteiger partial charge is 0.497 e. The molecule has 0 saturated carbocycles. The molecule has 6 heteroatoms. The minimum Gasteiger partial charge on any atom is -0.497 e. The zero-order chi connectivity index (χ0) is 21.3. The normalized spacial score (nSPS) is 11.6. The van der Waals surface area contributed by atoms with Crippen LogP contribution in [0.2, 0.25) is 0 Å². The predicted octanol–water partition coefficient (Wildman–Crippen LogP) is 4.29. The second-order valence-corrected chi connectivity index (χ2v) is 7.31. The molecule has 0 bridgehead atoms. The van der Waals surface area contributed by atoms with Gasteiger partial charge in [0.15, 0.2) is 5.96 Å². The standard InChI is InChI=1S/C25H28N4O2/c1-30-21-10-8-19(9-11-21)17-29-25(27-15-13-22-5-4-16-31-22)26-14-12-20-18-28-24-7-3-2-6-23(20)24/h2-11,16,18,28H,12-15,17H2,1H3,(H2,26,27,29). The van der Waals surface area contributed by atoms with Gasteiger partial charge in [0.05, 0.1) is 19.9 Å². The van der Waals surface area contributed by atoms with E-state index in [9.17, 15) is 0 Å². The second-order valence-electron chi connectivity index (χ2n) is 7.31. The monoisotopic (exact) mass is 416 g/mol. The van der Waals surface area contributed by atoms with Crippen molar-refractivity contribution in [2.24, 2.45) is 4.99 Å². The van der Waals surface area contributed by atoms with Crippen LogP contribution in [-0.2, 0) is 19.4 Å². The summed E-state index contributed by atoms with van der Waals surface area (Å²) in [5.74, 6) is 2.60. The third-order valence-corrected chi connectivity index (χ3v) is 5.18. The van der Waals surface area contributed by atoms with Crippen LogP contribution in [0, 0.1) is 0 Å². The van der Waals surface area contributed by atoms with E-state index in [0.29, 0.717) is 6.54 Å². The molecule has 0 aliphatic heterocycles. The molecule has 0 radical (unpaired) electrons. The van der Waals surface area contributed by atoms with Crippen LogP contribution in [0.25, 0.3) is 10.9 Å². The topological polar surface area (TPSA) is 74.6 Å². The number of furan rings is 1. The Balaban J connectivity index is 1.36. The highest BCUT2D eigenvalue weighted by atomic mass is 16.5. The number of hydrogen-bond acceptors (Lipinski definition) is 3. The molecule has 2 heterocycles. The Morgan fingerprint density at radius 3 is 2.55 bits per heavy atom. The summed E-state index contributed by atoms with van der Waals surface area (Å²) in [6, 6.07) is 20.3. The maximum absolute atomic E-state index is 5.42. The molecule has 31 heavy (non-hydrogen) atoms. The highest BCUT2D eigenvalue weighted by molar-refractivity contribution is 5.83. The minimum atomic E-state index is 0.590. The Hall–Kier alpha value is -3.67. The summed E-state index contributed by atoms with van der Waals surface area (Å²) < 4.78 is 10.7. The van der Waals surface area contributed by atoms with E-state index in [4.69, 9.17) is 14.1 Å². The number of benzene rings is 2. The number of aliphatic imine (C=N–C) groups is 1. The van der Waals surface area contributed by atoms with E-state index in [1.165, 1.54) is 16.5 Å². The van der Waals surface area contributed by atoms with Gasteiger partial charge in [0.2, 0.25) is 0 Å². The van der Waals surface area contributed by atoms with Gasteiger partial charge in [0, 0.05) is 36.6 Å². The zero-order valence-corrected chi connectivity index (χ0v) is 17.7. The highest BCUT2D eigenvalue weighted by Gasteiger charge is 2.05. The van der Waals surface area contributed by atoms with Crippen molar-refractivity contribution in [3.63, 3.8) is 0 Å². The lowest BCUT2D eigenvalue weighted by Crippen LogP contribution is -2.39. The number of ether oxygens (including phenoxy) is 1. The molecule has 0 fully saturated rings. The first kappa shape index (κ1) is 20.6. The van der Waals surface area contributed by atoms with Gasteiger partial charge in [0.25, 0.3) is 0 Å². The first-order chi connectivity index (χ1) is 15.3. The summed E-state index contributed by atoms with van der Waals surface area (Å²) in [7, 11) is 1.67. The van der Waals surface area contributed by atoms with E-state index in [0.717, 1.165) is 49.0 Å². The van der Waals surface area contributed by atoms with Crippen molar-refractivity contribution in [2.75, 3.05) is 20.2 Å². The molecular formula is C25H28N4O2. The fourth-order valence-corrected chi connectivity index (χ4v) is 3.49. The predicted molar refractivity (Wildman–Crippen MR) is 125 cm³/mol. The lowest BCUT2D eigenvalue weighted by atomic mass is 10.1. The number of para-hydroxylation sites is 1. The number of fused-ring (bicyclic) bond motifs is 1. The van der Waals surface area contributed by atoms with Crippen LogP contribution >= 0.6 is 0 Å². The second kappa shape index (κ2) is 10.4. The lowest BCUT2D eigenvalue weighted by molar-refractivity contribution is 0.414. The van der Waals surface area contributed by atoms with Gasteiger partial charge in [-0.1, -0.05) is 30.3 Å². The first-order valence-corrected chi connectivity index (χ1v) is 10.5. The van der Waals surface area contributed by atoms with Gasteiger partial charge < -0.3 is 24.8 Å². The van der Waals surface area contributed by atoms with Crippen LogP contribution in [0.3, 0.4) is 0 Å². The summed E-state index contributed by atoms with van der Waals surface area (Å²) >= 11 is 0. The summed E-state index contributed by atoms with van der Waals surface area (Å²) in [5, 5.41) is 8.15. The van der Waals surface area contributed by atoms with Crippen molar-refractivity contribution in [1.29, 1.82) is 0 Å². The van der Waals surface area contributed by atoms with E-state index in [1.807, 2.05) is 42.5 Å². The first-order valence-electron chi connectivity index (χ1n) is 10.5. The van der Waals surface area contributed by atoms with Gasteiger partial charge >= 0.3 is 0 Å². The molecule has 0 amide bonds. The Morgan fingerprint density at radius 1 is 0.968 bits per heavy atom. The Morgan fingerprint density at radius 2 is 1.77 bits per heavy atom. The Kier molecular flexibility index (Phi) is 6.90. The molecule has 0 aliphatic carbocycles. The number of methoxy groups -OCH3 is 1. The van der Waals surface area contributed by atoms with Crippen LogP contribution in [-0.4, -0.2) is 31.1 Å². The van der Waals surface area contributed by atoms with Crippen molar-refractivity contribution in [2.45, 2.75) is 19.4 Å². The molecule has 0 saturated heterocycles. The molecule has 4 rings (SSSR count). The molecule has 3 N–H and O–H groups in total. The van der Waals surface area contributed by atoms with Crippen LogP contribution in [0.4, 0.5) is 0 Å². The molecule has 0 atom stereocenters. The van der Waals surface area contributed by atoms with Crippen molar-refractivity contribution >= 4 is 16.9 Å². The average molecular weight is 417 g/mol. The van der Waals surface area contributed by atoms with Gasteiger partial charge in [-0.15, -0.1) is 0 Å². The molecule has 2 aromatic heterocycles. The SMILES string of the molecule is COc1ccc(CN=C(NCCc2ccco2)NCCc2c[nH]c3ccccc23)cc1. The van der Waals surface area contributed by atoms with Gasteiger partial charge in [-0.2, -0.15) is 0 Å². The fourth-order valence-electron chi connectivity index (χ4n) is 3.49. The van der Waals surface area contributed by atoms with E-state index in [1.54, 1.807) is 13.4 Å². The maximum atomic E-state index is 5.42. The lowest BCUT2D eigenvalue weighted by Gasteiger charge is -2.12. The van der Waals surface area contributed by atoms with E-state index in [-0.39, 0.29) is 0 Å². The van der Waals surface area contributed by atoms with Gasteiger partial charge in [0.1, 0.15) is 11.5 Å². The fraction of sp³-hybridized carbons (Fsp3) is 0.240. The minimum absolute atomic E-state index is 0.590. The molecule has 0 aliphatic rings. The number of nitrogens with zero attached hydrogens (tertiary/aromatic N) is 1. The Labute approximate surface area is 182 Å². The van der Waals surface area contributed by atoms with Crippen LogP contribution < -0.4 is 15.4 Å². The number of nitrogens with one attached hydrogen (secondary N) is 3. The van der Waals surface area contributed by atoms with Crippen molar-refractivity contribution in [1.82, 2.24) is 15.6 Å². The number of rotatable bonds is 9. The van der Waals surface area contributed by atoms with Crippen LogP contribution in [0.1, 0.15) is 16.9 Å². The average Bonchev–Trinajstić information content (AvgIpc) is 3.48. The van der Waals surface area contributed by atoms with Crippen LogP contribution in [0.15, 0.2) is 82.5 Å². The molecule has 0 spiro atoms. The third kappa shape index (κ3) is 5.69. The van der Waals surface area contributed by atoms with E-state index >= 15 is 0 Å². The molecular weight excluding hydrogens is 388 g/mol. The van der Waals surface area contributed by atoms with Gasteiger partial charge in [-0.3, -0.25) is 0 Å². The Bertz CT molecular complexity index is 1100. The summed E-state index contributed by atoms with van der Waals surface area (Å²) in [5.41, 5.74) is 3.60. The zero-order valence-electron chi connectivity index (χ0n) is 17.7. The van der Waals surface area contributed by atoms with Crippen LogP contribution in [0.5, 0.6) is 5.75 Å². The molecule has 0 unspecified atom stereocenters. The van der Waals surface area contributed by atoms with Gasteiger partial charge in [-0.25, -0.2) is 4.99 Å². The number of guanidine groups is 1. The summed E-state index contributed by atoms with van der Waals surface area (Å²) in [6.07, 6.45) is 5.50. The number of H-pyrrole nitrogens is 1.